The summed E-state index contributed by atoms with van der Waals surface area (Å²) >= 11 is 0. The fourth-order valence-electron chi connectivity index (χ4n) is 2.36. The number of pyridine rings is 1. The first-order valence-electron chi connectivity index (χ1n) is 7.67. The highest BCUT2D eigenvalue weighted by Gasteiger charge is 2.33. The summed E-state index contributed by atoms with van der Waals surface area (Å²) in [5.41, 5.74) is 3.98. The number of rotatable bonds is 5. The standard InChI is InChI=1S/C16H26N4O/c1-5-8-20(12-6-7-12)15(21)11-9-13(16(2,3)4)18-14(10-11)19-17/h9-10,12H,5-8,17H2,1-4H3,(H,18,19). The van der Waals surface area contributed by atoms with E-state index in [1.165, 1.54) is 0 Å². The second-order valence-electron chi connectivity index (χ2n) is 6.75. The monoisotopic (exact) mass is 290 g/mol. The van der Waals surface area contributed by atoms with E-state index in [4.69, 9.17) is 5.84 Å². The van der Waals surface area contributed by atoms with Crippen LogP contribution in [0.4, 0.5) is 5.82 Å². The fraction of sp³-hybridized carbons (Fsp3) is 0.625. The molecule has 0 aliphatic heterocycles. The Kier molecular flexibility index (Phi) is 4.52. The minimum absolute atomic E-state index is 0.0868. The Labute approximate surface area is 126 Å². The van der Waals surface area contributed by atoms with Crippen molar-refractivity contribution in [1.29, 1.82) is 0 Å². The van der Waals surface area contributed by atoms with E-state index in [9.17, 15) is 4.79 Å². The first-order chi connectivity index (χ1) is 9.86. The number of anilines is 1. The zero-order valence-corrected chi connectivity index (χ0v) is 13.4. The molecule has 2 rings (SSSR count). The third kappa shape index (κ3) is 3.73. The average molecular weight is 290 g/mol. The van der Waals surface area contributed by atoms with Gasteiger partial charge in [-0.3, -0.25) is 4.79 Å². The van der Waals surface area contributed by atoms with Gasteiger partial charge in [-0.25, -0.2) is 10.8 Å². The van der Waals surface area contributed by atoms with Crippen LogP contribution in [0.1, 0.15) is 63.0 Å². The molecule has 116 valence electrons. The van der Waals surface area contributed by atoms with E-state index in [1.54, 1.807) is 6.07 Å². The van der Waals surface area contributed by atoms with Crippen LogP contribution in [0.3, 0.4) is 0 Å². The molecule has 1 fully saturated rings. The minimum atomic E-state index is -0.128. The van der Waals surface area contributed by atoms with E-state index in [1.807, 2.05) is 11.0 Å². The predicted molar refractivity (Wildman–Crippen MR) is 85.1 cm³/mol. The Bertz CT molecular complexity index is 517. The molecule has 5 nitrogen and oxygen atoms in total. The van der Waals surface area contributed by atoms with Gasteiger partial charge in [0.2, 0.25) is 0 Å². The van der Waals surface area contributed by atoms with Crippen molar-refractivity contribution >= 4 is 11.7 Å². The zero-order valence-electron chi connectivity index (χ0n) is 13.4. The predicted octanol–water partition coefficient (Wildman–Crippen LogP) is 2.68. The van der Waals surface area contributed by atoms with Crippen molar-refractivity contribution in [2.24, 2.45) is 5.84 Å². The largest absolute Gasteiger partial charge is 0.336 e. The quantitative estimate of drug-likeness (QED) is 0.646. The van der Waals surface area contributed by atoms with Crippen LogP contribution in [0.25, 0.3) is 0 Å². The van der Waals surface area contributed by atoms with Gasteiger partial charge in [0.1, 0.15) is 5.82 Å². The van der Waals surface area contributed by atoms with E-state index in [-0.39, 0.29) is 11.3 Å². The van der Waals surface area contributed by atoms with Crippen molar-refractivity contribution in [3.8, 4) is 0 Å². The van der Waals surface area contributed by atoms with Crippen LogP contribution < -0.4 is 11.3 Å². The van der Waals surface area contributed by atoms with E-state index >= 15 is 0 Å². The van der Waals surface area contributed by atoms with Gasteiger partial charge in [-0.1, -0.05) is 27.7 Å². The number of nitrogens with zero attached hydrogens (tertiary/aromatic N) is 2. The second kappa shape index (κ2) is 6.02. The van der Waals surface area contributed by atoms with Gasteiger partial charge < -0.3 is 10.3 Å². The SMILES string of the molecule is CCCN(C(=O)c1cc(NN)nc(C(C)(C)C)c1)C1CC1. The van der Waals surface area contributed by atoms with Crippen molar-refractivity contribution in [3.63, 3.8) is 0 Å². The van der Waals surface area contributed by atoms with Crippen molar-refractivity contribution in [3.05, 3.63) is 23.4 Å². The van der Waals surface area contributed by atoms with Crippen LogP contribution in [0.5, 0.6) is 0 Å². The normalized spacial score (nSPS) is 14.9. The van der Waals surface area contributed by atoms with E-state index in [0.717, 1.165) is 31.5 Å². The minimum Gasteiger partial charge on any atom is -0.336 e. The molecule has 1 aromatic rings. The molecule has 0 atom stereocenters. The molecule has 0 aromatic carbocycles. The molecular formula is C16H26N4O. The smallest absolute Gasteiger partial charge is 0.254 e. The number of hydrogen-bond donors (Lipinski definition) is 2. The average Bonchev–Trinajstić information content (AvgIpc) is 3.27. The number of hydrazine groups is 1. The van der Waals surface area contributed by atoms with Gasteiger partial charge >= 0.3 is 0 Å². The highest BCUT2D eigenvalue weighted by molar-refractivity contribution is 5.95. The molecular weight excluding hydrogens is 264 g/mol. The van der Waals surface area contributed by atoms with Crippen LogP contribution in [0.15, 0.2) is 12.1 Å². The molecule has 1 aliphatic carbocycles. The third-order valence-electron chi connectivity index (χ3n) is 3.70. The number of hydrogen-bond acceptors (Lipinski definition) is 4. The number of nitrogen functional groups attached to an aromatic ring is 1. The number of nitrogens with one attached hydrogen (secondary N) is 1. The van der Waals surface area contributed by atoms with Gasteiger partial charge in [0.15, 0.2) is 0 Å². The Morgan fingerprint density at radius 1 is 1.43 bits per heavy atom. The van der Waals surface area contributed by atoms with Crippen LogP contribution in [0, 0.1) is 0 Å². The van der Waals surface area contributed by atoms with Crippen molar-refractivity contribution < 1.29 is 4.79 Å². The number of carbonyl (C=O) groups excluding carboxylic acids is 1. The maximum absolute atomic E-state index is 12.8. The van der Waals surface area contributed by atoms with Crippen molar-refractivity contribution in [2.45, 2.75) is 58.4 Å². The van der Waals surface area contributed by atoms with Gasteiger partial charge in [0, 0.05) is 29.3 Å². The topological polar surface area (TPSA) is 71.2 Å². The van der Waals surface area contributed by atoms with Crippen LogP contribution in [0.2, 0.25) is 0 Å². The Morgan fingerprint density at radius 2 is 2.10 bits per heavy atom. The molecule has 1 amide bonds. The van der Waals surface area contributed by atoms with E-state index in [0.29, 0.717) is 17.4 Å². The Hall–Kier alpha value is -1.62. The highest BCUT2D eigenvalue weighted by Crippen LogP contribution is 2.30. The fourth-order valence-corrected chi connectivity index (χ4v) is 2.36. The summed E-state index contributed by atoms with van der Waals surface area (Å²) in [6.45, 7) is 9.14. The summed E-state index contributed by atoms with van der Waals surface area (Å²) in [4.78, 5) is 19.2. The van der Waals surface area contributed by atoms with E-state index in [2.05, 4.69) is 38.1 Å². The molecule has 3 N–H and O–H groups in total. The van der Waals surface area contributed by atoms with Crippen molar-refractivity contribution in [2.75, 3.05) is 12.0 Å². The van der Waals surface area contributed by atoms with Crippen LogP contribution in [-0.4, -0.2) is 28.4 Å². The van der Waals surface area contributed by atoms with Crippen molar-refractivity contribution in [1.82, 2.24) is 9.88 Å². The van der Waals surface area contributed by atoms with Crippen LogP contribution >= 0.6 is 0 Å². The highest BCUT2D eigenvalue weighted by atomic mass is 16.2. The molecule has 0 spiro atoms. The molecule has 21 heavy (non-hydrogen) atoms. The number of aromatic nitrogens is 1. The maximum Gasteiger partial charge on any atom is 0.254 e. The molecule has 0 unspecified atom stereocenters. The molecule has 0 bridgehead atoms. The lowest BCUT2D eigenvalue weighted by Crippen LogP contribution is -2.34. The molecule has 1 heterocycles. The molecule has 1 saturated carbocycles. The molecule has 0 radical (unpaired) electrons. The summed E-state index contributed by atoms with van der Waals surface area (Å²) < 4.78 is 0. The molecule has 5 heteroatoms. The maximum atomic E-state index is 12.8. The van der Waals surface area contributed by atoms with Gasteiger partial charge in [0.25, 0.3) is 5.91 Å². The Balaban J connectivity index is 2.35. The summed E-state index contributed by atoms with van der Waals surface area (Å²) in [5.74, 6) is 6.13. The van der Waals surface area contributed by atoms with Gasteiger partial charge in [-0.15, -0.1) is 0 Å². The lowest BCUT2D eigenvalue weighted by atomic mass is 9.90. The molecule has 0 saturated heterocycles. The van der Waals surface area contributed by atoms with Gasteiger partial charge in [-0.05, 0) is 31.4 Å². The third-order valence-corrected chi connectivity index (χ3v) is 3.70. The number of amides is 1. The molecule has 1 aromatic heterocycles. The van der Waals surface area contributed by atoms with Crippen LogP contribution in [-0.2, 0) is 5.41 Å². The summed E-state index contributed by atoms with van der Waals surface area (Å²) in [7, 11) is 0. The summed E-state index contributed by atoms with van der Waals surface area (Å²) in [6.07, 6.45) is 3.21. The lowest BCUT2D eigenvalue weighted by Gasteiger charge is -2.24. The summed E-state index contributed by atoms with van der Waals surface area (Å²) in [6, 6.07) is 4.05. The zero-order chi connectivity index (χ0) is 15.6. The molecule has 1 aliphatic rings. The lowest BCUT2D eigenvalue weighted by molar-refractivity contribution is 0.0743. The first kappa shape index (κ1) is 15.8. The number of carbonyl (C=O) groups is 1. The second-order valence-corrected chi connectivity index (χ2v) is 6.75. The van der Waals surface area contributed by atoms with Gasteiger partial charge in [-0.2, -0.15) is 0 Å². The number of nitrogens with two attached hydrogens (primary N) is 1. The summed E-state index contributed by atoms with van der Waals surface area (Å²) in [5, 5.41) is 0. The Morgan fingerprint density at radius 3 is 2.57 bits per heavy atom. The van der Waals surface area contributed by atoms with Gasteiger partial charge in [0.05, 0.1) is 0 Å². The van der Waals surface area contributed by atoms with E-state index < -0.39 is 0 Å². The first-order valence-corrected chi connectivity index (χ1v) is 7.67.